The number of benzene rings is 2. The Balaban J connectivity index is 2.26. The maximum absolute atomic E-state index is 12.3. The summed E-state index contributed by atoms with van der Waals surface area (Å²) in [6.07, 6.45) is 1.42. The molecule has 0 fully saturated rings. The number of halogens is 1. The quantitative estimate of drug-likeness (QED) is 0.655. The van der Waals surface area contributed by atoms with Crippen LogP contribution < -0.4 is 5.32 Å². The highest BCUT2D eigenvalue weighted by Crippen LogP contribution is 2.25. The minimum Gasteiger partial charge on any atom is -0.506 e. The summed E-state index contributed by atoms with van der Waals surface area (Å²) >= 11 is 5.82. The van der Waals surface area contributed by atoms with E-state index in [9.17, 15) is 15.2 Å². The minimum atomic E-state index is -0.497. The fourth-order valence-electron chi connectivity index (χ4n) is 2.07. The number of carbonyl (C=O) groups is 1. The zero-order valence-corrected chi connectivity index (χ0v) is 13.5. The third kappa shape index (κ3) is 4.12. The van der Waals surface area contributed by atoms with Gasteiger partial charge in [-0.05, 0) is 49.2 Å². The molecule has 0 aliphatic heterocycles. The number of amides is 1. The molecule has 5 heteroatoms. The molecule has 0 atom stereocenters. The molecule has 2 aromatic carbocycles. The summed E-state index contributed by atoms with van der Waals surface area (Å²) in [5.41, 5.74) is 3.18. The lowest BCUT2D eigenvalue weighted by atomic mass is 10.1. The lowest BCUT2D eigenvalue weighted by Crippen LogP contribution is -2.14. The van der Waals surface area contributed by atoms with Crippen molar-refractivity contribution in [3.05, 3.63) is 63.7 Å². The molecule has 0 radical (unpaired) electrons. The fourth-order valence-corrected chi connectivity index (χ4v) is 2.26. The molecule has 0 aromatic heterocycles. The molecule has 0 spiro atoms. The molecule has 0 saturated carbocycles. The lowest BCUT2D eigenvalue weighted by molar-refractivity contribution is -0.112. The summed E-state index contributed by atoms with van der Waals surface area (Å²) in [4.78, 5) is 12.3. The van der Waals surface area contributed by atoms with Crippen LogP contribution in [0, 0.1) is 25.2 Å². The molecule has 2 aromatic rings. The zero-order chi connectivity index (χ0) is 17.0. The van der Waals surface area contributed by atoms with Gasteiger partial charge in [-0.1, -0.05) is 35.4 Å². The largest absolute Gasteiger partial charge is 0.506 e. The van der Waals surface area contributed by atoms with Gasteiger partial charge in [-0.25, -0.2) is 0 Å². The summed E-state index contributed by atoms with van der Waals surface area (Å²) in [6, 6.07) is 12.0. The summed E-state index contributed by atoms with van der Waals surface area (Å²) < 4.78 is 0. The molecular weight excluding hydrogens is 312 g/mol. The van der Waals surface area contributed by atoms with Crippen LogP contribution in [0.4, 0.5) is 5.69 Å². The van der Waals surface area contributed by atoms with E-state index in [4.69, 9.17) is 11.6 Å². The number of nitriles is 1. The molecule has 0 aliphatic carbocycles. The molecule has 0 heterocycles. The molecule has 0 unspecified atom stereocenters. The van der Waals surface area contributed by atoms with Crippen LogP contribution in [0.2, 0.25) is 5.02 Å². The van der Waals surface area contributed by atoms with Gasteiger partial charge in [-0.3, -0.25) is 4.79 Å². The van der Waals surface area contributed by atoms with Gasteiger partial charge < -0.3 is 10.4 Å². The second kappa shape index (κ2) is 6.99. The van der Waals surface area contributed by atoms with Gasteiger partial charge in [0.1, 0.15) is 17.4 Å². The van der Waals surface area contributed by atoms with Crippen LogP contribution in [-0.4, -0.2) is 11.0 Å². The van der Waals surface area contributed by atoms with Crippen LogP contribution in [0.1, 0.15) is 16.7 Å². The normalized spacial score (nSPS) is 11.0. The van der Waals surface area contributed by atoms with Crippen LogP contribution >= 0.6 is 11.6 Å². The van der Waals surface area contributed by atoms with Gasteiger partial charge in [0.05, 0.1) is 5.02 Å². The molecule has 116 valence electrons. The van der Waals surface area contributed by atoms with E-state index in [1.54, 1.807) is 12.1 Å². The molecule has 23 heavy (non-hydrogen) atoms. The van der Waals surface area contributed by atoms with E-state index in [1.165, 1.54) is 18.2 Å². The average molecular weight is 327 g/mol. The third-order valence-electron chi connectivity index (χ3n) is 3.28. The number of carbonyl (C=O) groups excluding carboxylic acids is 1. The molecule has 2 rings (SSSR count). The summed E-state index contributed by atoms with van der Waals surface area (Å²) in [5, 5.41) is 21.5. The smallest absolute Gasteiger partial charge is 0.266 e. The Morgan fingerprint density at radius 3 is 2.61 bits per heavy atom. The number of phenolic OH excluding ortho intramolecular Hbond substituents is 1. The first-order chi connectivity index (χ1) is 10.9. The van der Waals surface area contributed by atoms with E-state index in [2.05, 4.69) is 5.32 Å². The van der Waals surface area contributed by atoms with Gasteiger partial charge in [-0.15, -0.1) is 0 Å². The predicted octanol–water partition coefficient (Wildman–Crippen LogP) is 4.21. The topological polar surface area (TPSA) is 73.1 Å². The van der Waals surface area contributed by atoms with E-state index in [0.29, 0.717) is 11.3 Å². The second-order valence-electron chi connectivity index (χ2n) is 5.15. The number of phenols is 1. The van der Waals surface area contributed by atoms with Crippen molar-refractivity contribution in [3.63, 3.8) is 0 Å². The van der Waals surface area contributed by atoms with Crippen molar-refractivity contribution >= 4 is 29.3 Å². The van der Waals surface area contributed by atoms with E-state index in [0.717, 1.165) is 11.1 Å². The minimum absolute atomic E-state index is 0.0493. The Morgan fingerprint density at radius 2 is 2.00 bits per heavy atom. The summed E-state index contributed by atoms with van der Waals surface area (Å²) in [7, 11) is 0. The number of hydrogen-bond acceptors (Lipinski definition) is 3. The molecule has 0 aliphatic rings. The predicted molar refractivity (Wildman–Crippen MR) is 91.3 cm³/mol. The first kappa shape index (κ1) is 16.6. The number of rotatable bonds is 3. The highest BCUT2D eigenvalue weighted by Gasteiger charge is 2.11. The third-order valence-corrected chi connectivity index (χ3v) is 3.58. The summed E-state index contributed by atoms with van der Waals surface area (Å²) in [6.45, 7) is 3.85. The Morgan fingerprint density at radius 1 is 1.26 bits per heavy atom. The van der Waals surface area contributed by atoms with E-state index in [1.807, 2.05) is 32.0 Å². The molecular formula is C18H15ClN2O2. The number of nitrogens with zero attached hydrogens (tertiary/aromatic N) is 1. The number of hydrogen-bond donors (Lipinski definition) is 2. The van der Waals surface area contributed by atoms with E-state index in [-0.39, 0.29) is 16.3 Å². The van der Waals surface area contributed by atoms with E-state index >= 15 is 0 Å². The lowest BCUT2D eigenvalue weighted by Gasteiger charge is -2.08. The Labute approximate surface area is 139 Å². The van der Waals surface area contributed by atoms with Gasteiger partial charge >= 0.3 is 0 Å². The molecule has 1 amide bonds. The molecule has 0 saturated heterocycles. The Bertz CT molecular complexity index is 835. The molecule has 0 bridgehead atoms. The van der Waals surface area contributed by atoms with Gasteiger partial charge in [0.25, 0.3) is 5.91 Å². The van der Waals surface area contributed by atoms with Crippen molar-refractivity contribution < 1.29 is 9.90 Å². The maximum atomic E-state index is 12.3. The zero-order valence-electron chi connectivity index (χ0n) is 12.7. The molecule has 2 N–H and O–H groups in total. The van der Waals surface area contributed by atoms with Crippen molar-refractivity contribution in [2.75, 3.05) is 5.32 Å². The van der Waals surface area contributed by atoms with Crippen LogP contribution in [-0.2, 0) is 4.79 Å². The van der Waals surface area contributed by atoms with Crippen molar-refractivity contribution in [1.82, 2.24) is 0 Å². The number of nitrogens with one attached hydrogen (secondary N) is 1. The SMILES string of the molecule is Cc1ccc(NC(=O)/C(C#N)=C/c2ccc(O)c(Cl)c2)c(C)c1. The molecule has 4 nitrogen and oxygen atoms in total. The Hall–Kier alpha value is -2.77. The van der Waals surface area contributed by atoms with Crippen LogP contribution in [0.25, 0.3) is 6.08 Å². The van der Waals surface area contributed by atoms with Gasteiger partial charge in [0.2, 0.25) is 0 Å². The van der Waals surface area contributed by atoms with Gasteiger partial charge in [0, 0.05) is 5.69 Å². The number of anilines is 1. The first-order valence-electron chi connectivity index (χ1n) is 6.89. The first-order valence-corrected chi connectivity index (χ1v) is 7.27. The Kier molecular flexibility index (Phi) is 5.05. The van der Waals surface area contributed by atoms with Gasteiger partial charge in [-0.2, -0.15) is 5.26 Å². The van der Waals surface area contributed by atoms with Gasteiger partial charge in [0.15, 0.2) is 0 Å². The standard InChI is InChI=1S/C18H15ClN2O2/c1-11-3-5-16(12(2)7-11)21-18(23)14(10-20)8-13-4-6-17(22)15(19)9-13/h3-9,22H,1-2H3,(H,21,23)/b14-8+. The van der Waals surface area contributed by atoms with Crippen molar-refractivity contribution in [3.8, 4) is 11.8 Å². The van der Waals surface area contributed by atoms with Crippen molar-refractivity contribution in [2.24, 2.45) is 0 Å². The average Bonchev–Trinajstić information content (AvgIpc) is 2.51. The van der Waals surface area contributed by atoms with Crippen LogP contribution in [0.3, 0.4) is 0 Å². The number of aryl methyl sites for hydroxylation is 2. The second-order valence-corrected chi connectivity index (χ2v) is 5.56. The van der Waals surface area contributed by atoms with Crippen molar-refractivity contribution in [2.45, 2.75) is 13.8 Å². The van der Waals surface area contributed by atoms with Crippen LogP contribution in [0.15, 0.2) is 42.0 Å². The monoisotopic (exact) mass is 326 g/mol. The van der Waals surface area contributed by atoms with Crippen LogP contribution in [0.5, 0.6) is 5.75 Å². The van der Waals surface area contributed by atoms with Crippen molar-refractivity contribution in [1.29, 1.82) is 5.26 Å². The maximum Gasteiger partial charge on any atom is 0.266 e. The van der Waals surface area contributed by atoms with E-state index < -0.39 is 5.91 Å². The summed E-state index contributed by atoms with van der Waals surface area (Å²) in [5.74, 6) is -0.550. The highest BCUT2D eigenvalue weighted by atomic mass is 35.5. The fraction of sp³-hybridized carbons (Fsp3) is 0.111. The number of aromatic hydroxyl groups is 1. The highest BCUT2D eigenvalue weighted by molar-refractivity contribution is 6.32.